The summed E-state index contributed by atoms with van der Waals surface area (Å²) >= 11 is 0. The second kappa shape index (κ2) is 13.6. The van der Waals surface area contributed by atoms with E-state index in [1.165, 1.54) is 33.1 Å². The van der Waals surface area contributed by atoms with E-state index in [9.17, 15) is 29.4 Å². The van der Waals surface area contributed by atoms with Crippen LogP contribution < -0.4 is 10.1 Å². The molecule has 0 spiro atoms. The van der Waals surface area contributed by atoms with Crippen LogP contribution in [0.15, 0.2) is 47.9 Å². The Kier molecular flexibility index (Phi) is 10.1. The van der Waals surface area contributed by atoms with Crippen LogP contribution in [0, 0.1) is 30.6 Å². The van der Waals surface area contributed by atoms with Gasteiger partial charge >= 0.3 is 5.79 Å². The molecule has 1 saturated heterocycles. The van der Waals surface area contributed by atoms with Crippen molar-refractivity contribution < 1.29 is 53.1 Å². The van der Waals surface area contributed by atoms with Crippen molar-refractivity contribution in [2.24, 2.45) is 23.7 Å². The predicted octanol–water partition coefficient (Wildman–Crippen LogP) is 4.86. The Morgan fingerprint density at radius 3 is 2.16 bits per heavy atom. The van der Waals surface area contributed by atoms with Gasteiger partial charge in [-0.05, 0) is 33.8 Å². The van der Waals surface area contributed by atoms with Crippen molar-refractivity contribution in [3.8, 4) is 11.5 Å². The monoisotopic (exact) mass is 693 g/mol. The molecule has 12 nitrogen and oxygen atoms in total. The molecule has 270 valence electrons. The molecular formula is C38H47NO11. The van der Waals surface area contributed by atoms with Gasteiger partial charge < -0.3 is 39.2 Å². The van der Waals surface area contributed by atoms with E-state index in [1.54, 1.807) is 25.3 Å². The molecule has 7 bridgehead atoms. The molecule has 3 N–H and O–H groups in total. The number of Topliss-reactive ketones (excluding diaryl/α,β-unsaturated/α-hetero) is 2. The Balaban J connectivity index is 1.59. The molecule has 4 heterocycles. The van der Waals surface area contributed by atoms with Gasteiger partial charge in [-0.3, -0.25) is 19.2 Å². The number of rotatable bonds is 1. The summed E-state index contributed by atoms with van der Waals surface area (Å²) in [5.74, 6) is -7.64. The number of nitrogens with one attached hydrogen (secondary N) is 1. The van der Waals surface area contributed by atoms with Crippen molar-refractivity contribution in [2.75, 3.05) is 7.11 Å². The van der Waals surface area contributed by atoms with Crippen LogP contribution >= 0.6 is 0 Å². The highest BCUT2D eigenvalue weighted by Crippen LogP contribution is 2.48. The van der Waals surface area contributed by atoms with Crippen molar-refractivity contribution >= 4 is 23.3 Å². The molecule has 9 unspecified atom stereocenters. The van der Waals surface area contributed by atoms with Gasteiger partial charge in [0.25, 0.3) is 11.7 Å². The van der Waals surface area contributed by atoms with Crippen LogP contribution in [0.1, 0.15) is 92.0 Å². The molecule has 1 aromatic carbocycles. The SMILES string of the molecule is COC1/C=C\OC2(C)Oc3c(C)c(O)c4c(c3C2=O)C(=O)C=C(NC(=O)/C(C)=C\C=C/C(C)C(O)C(C)C2OC(C)(C)OC(C1C)C2C)C4=O. The largest absolute Gasteiger partial charge is 0.507 e. The highest BCUT2D eigenvalue weighted by molar-refractivity contribution is 6.30. The smallest absolute Gasteiger partial charge is 0.312 e. The van der Waals surface area contributed by atoms with Crippen molar-refractivity contribution in [3.05, 3.63) is 70.2 Å². The first-order chi connectivity index (χ1) is 23.3. The number of hydrogen-bond donors (Lipinski definition) is 3. The van der Waals surface area contributed by atoms with E-state index in [-0.39, 0.29) is 69.6 Å². The summed E-state index contributed by atoms with van der Waals surface area (Å²) in [5.41, 5.74) is -1.02. The number of benzene rings is 1. The second-order valence-electron chi connectivity index (χ2n) is 14.4. The number of aliphatic hydroxyl groups excluding tert-OH is 1. The van der Waals surface area contributed by atoms with Gasteiger partial charge in [-0.25, -0.2) is 0 Å². The zero-order valence-corrected chi connectivity index (χ0v) is 30.2. The highest BCUT2D eigenvalue weighted by Gasteiger charge is 2.52. The highest BCUT2D eigenvalue weighted by atomic mass is 16.7. The third-order valence-corrected chi connectivity index (χ3v) is 10.3. The van der Waals surface area contributed by atoms with Gasteiger partial charge in [0, 0.05) is 54.9 Å². The van der Waals surface area contributed by atoms with Crippen LogP contribution in [-0.4, -0.2) is 76.6 Å². The average Bonchev–Trinajstić information content (AvgIpc) is 3.32. The number of methoxy groups -OCH3 is 1. The fourth-order valence-electron chi connectivity index (χ4n) is 7.31. The number of amides is 1. The number of hydrogen-bond acceptors (Lipinski definition) is 11. The van der Waals surface area contributed by atoms with Gasteiger partial charge in [0.2, 0.25) is 5.78 Å². The van der Waals surface area contributed by atoms with Gasteiger partial charge in [0.1, 0.15) is 11.5 Å². The van der Waals surface area contributed by atoms with Crippen LogP contribution in [0.3, 0.4) is 0 Å². The third kappa shape index (κ3) is 6.45. The Labute approximate surface area is 292 Å². The van der Waals surface area contributed by atoms with Crippen LogP contribution in [0.5, 0.6) is 11.5 Å². The number of ketones is 3. The average molecular weight is 694 g/mol. The van der Waals surface area contributed by atoms with Gasteiger partial charge in [-0.2, -0.15) is 0 Å². The summed E-state index contributed by atoms with van der Waals surface area (Å²) in [4.78, 5) is 54.2. The first-order valence-corrected chi connectivity index (χ1v) is 16.8. The molecule has 0 aromatic heterocycles. The standard InChI is InChI=1S/C38H47NO11/c1-17-12-11-13-18(2)36(45)39-23-16-24(40)26-27(31(23)43)30(42)21(5)34-28(26)35(44)38(9,50-34)47-15-14-25(46-10)19(3)32-22(6)33(20(4)29(17)41)49-37(7,8)48-32/h11-17,19-20,22,25,29,32-33,41-42H,1-10H3,(H,39,45)/b12-11-,15-14-,18-13-. The normalized spacial score (nSPS) is 36.8. The summed E-state index contributed by atoms with van der Waals surface area (Å²) in [6.45, 7) is 15.8. The lowest BCUT2D eigenvalue weighted by molar-refractivity contribution is -0.341. The summed E-state index contributed by atoms with van der Waals surface area (Å²) in [7, 11) is 1.55. The third-order valence-electron chi connectivity index (χ3n) is 10.3. The van der Waals surface area contributed by atoms with Gasteiger partial charge in [0.15, 0.2) is 11.6 Å². The minimum atomic E-state index is -1.95. The van der Waals surface area contributed by atoms with Crippen LogP contribution in [0.2, 0.25) is 0 Å². The van der Waals surface area contributed by atoms with Gasteiger partial charge in [0.05, 0.1) is 53.1 Å². The molecule has 50 heavy (non-hydrogen) atoms. The van der Waals surface area contributed by atoms with E-state index >= 15 is 0 Å². The maximum atomic E-state index is 13.9. The van der Waals surface area contributed by atoms with Crippen LogP contribution in [0.25, 0.3) is 0 Å². The van der Waals surface area contributed by atoms with E-state index in [4.69, 9.17) is 23.7 Å². The Morgan fingerprint density at radius 2 is 1.52 bits per heavy atom. The Morgan fingerprint density at radius 1 is 0.880 bits per heavy atom. The number of aromatic hydroxyl groups is 1. The number of carbonyl (C=O) groups excluding carboxylic acids is 4. The molecule has 12 heteroatoms. The van der Waals surface area contributed by atoms with Crippen molar-refractivity contribution in [3.63, 3.8) is 0 Å². The Hall–Kier alpha value is -4.10. The van der Waals surface area contributed by atoms with Crippen molar-refractivity contribution in [1.82, 2.24) is 5.32 Å². The van der Waals surface area contributed by atoms with Crippen LogP contribution in [-0.2, 0) is 23.7 Å². The maximum Gasteiger partial charge on any atom is 0.312 e. The quantitative estimate of drug-likeness (QED) is 0.368. The maximum absolute atomic E-state index is 13.9. The summed E-state index contributed by atoms with van der Waals surface area (Å²) < 4.78 is 30.6. The number of phenolic OH excluding ortho intramolecular Hbond substituents is 1. The lowest BCUT2D eigenvalue weighted by atomic mass is 9.77. The zero-order valence-electron chi connectivity index (χ0n) is 30.2. The Bertz CT molecular complexity index is 1740. The van der Waals surface area contributed by atoms with E-state index in [0.29, 0.717) is 0 Å². The lowest BCUT2D eigenvalue weighted by Crippen LogP contribution is -2.57. The fourth-order valence-corrected chi connectivity index (χ4v) is 7.31. The van der Waals surface area contributed by atoms with E-state index in [0.717, 1.165) is 6.08 Å². The van der Waals surface area contributed by atoms with Gasteiger partial charge in [-0.1, -0.05) is 45.9 Å². The van der Waals surface area contributed by atoms with E-state index in [2.05, 4.69) is 5.32 Å². The molecule has 1 aliphatic carbocycles. The number of allylic oxidation sites excluding steroid dienone is 4. The number of carbonyl (C=O) groups is 4. The molecule has 1 amide bonds. The lowest BCUT2D eigenvalue weighted by Gasteiger charge is -2.50. The topological polar surface area (TPSA) is 167 Å². The van der Waals surface area contributed by atoms with E-state index < -0.39 is 58.4 Å². The van der Waals surface area contributed by atoms with E-state index in [1.807, 2.05) is 41.5 Å². The molecular weight excluding hydrogens is 646 g/mol. The molecule has 6 rings (SSSR count). The molecule has 4 aliphatic heterocycles. The fraction of sp³-hybridized carbons (Fsp3) is 0.526. The van der Waals surface area contributed by atoms with Gasteiger partial charge in [-0.15, -0.1) is 0 Å². The number of phenols is 1. The first kappa shape index (κ1) is 37.2. The summed E-state index contributed by atoms with van der Waals surface area (Å²) in [6.07, 6.45) is 6.66. The molecule has 9 atom stereocenters. The van der Waals surface area contributed by atoms with Crippen molar-refractivity contribution in [2.45, 2.75) is 98.3 Å². The number of fused-ring (bicyclic) bond motifs is 10. The first-order valence-electron chi connectivity index (χ1n) is 16.8. The summed E-state index contributed by atoms with van der Waals surface area (Å²) in [5, 5.41) is 25.0. The predicted molar refractivity (Wildman–Crippen MR) is 182 cm³/mol. The van der Waals surface area contributed by atoms with Crippen molar-refractivity contribution in [1.29, 1.82) is 0 Å². The number of aliphatic hydroxyl groups is 1. The molecule has 0 saturated carbocycles. The summed E-state index contributed by atoms with van der Waals surface area (Å²) in [6, 6.07) is 0. The number of ether oxygens (including phenoxy) is 5. The van der Waals surface area contributed by atoms with Crippen LogP contribution in [0.4, 0.5) is 0 Å². The minimum Gasteiger partial charge on any atom is -0.507 e. The zero-order chi connectivity index (χ0) is 37.0. The molecule has 5 aliphatic rings. The molecule has 1 fully saturated rings. The molecule has 1 aromatic rings. The minimum absolute atomic E-state index is 0.0561. The second-order valence-corrected chi connectivity index (χ2v) is 14.4. The molecule has 0 radical (unpaired) electrons.